The highest BCUT2D eigenvalue weighted by Crippen LogP contribution is 2.20. The standard InChI is InChI=1S/C14H11ClN2O6S/c15-11-8-4-5-9-12(11)24(20,21)17-14(19)23-16-13(18)22-10-6-2-1-3-7-10/h1-9H,(H,16,18)(H,17,19). The summed E-state index contributed by atoms with van der Waals surface area (Å²) in [6.45, 7) is 0. The van der Waals surface area contributed by atoms with Crippen LogP contribution in [0.3, 0.4) is 0 Å². The summed E-state index contributed by atoms with van der Waals surface area (Å²) in [6, 6.07) is 13.5. The first-order valence-corrected chi connectivity index (χ1v) is 8.25. The molecule has 2 aromatic rings. The number of rotatable bonds is 3. The van der Waals surface area contributed by atoms with Crippen LogP contribution in [0.4, 0.5) is 9.59 Å². The van der Waals surface area contributed by atoms with E-state index in [0.717, 1.165) is 0 Å². The molecule has 0 fully saturated rings. The van der Waals surface area contributed by atoms with Crippen molar-refractivity contribution in [3.63, 3.8) is 0 Å². The number of para-hydroxylation sites is 1. The van der Waals surface area contributed by atoms with Crippen molar-refractivity contribution in [1.29, 1.82) is 0 Å². The number of carbonyl (C=O) groups is 2. The molecule has 0 aliphatic rings. The quantitative estimate of drug-likeness (QED) is 0.803. The van der Waals surface area contributed by atoms with E-state index >= 15 is 0 Å². The highest BCUT2D eigenvalue weighted by atomic mass is 35.5. The van der Waals surface area contributed by atoms with Gasteiger partial charge in [0.05, 0.1) is 5.02 Å². The van der Waals surface area contributed by atoms with Gasteiger partial charge in [0.2, 0.25) is 0 Å². The van der Waals surface area contributed by atoms with Gasteiger partial charge in [0.1, 0.15) is 10.6 Å². The van der Waals surface area contributed by atoms with E-state index in [1.54, 1.807) is 28.4 Å². The second kappa shape index (κ2) is 7.66. The van der Waals surface area contributed by atoms with Gasteiger partial charge in [0, 0.05) is 0 Å². The monoisotopic (exact) mass is 370 g/mol. The largest absolute Gasteiger partial charge is 0.446 e. The first kappa shape index (κ1) is 17.6. The van der Waals surface area contributed by atoms with E-state index in [1.165, 1.54) is 36.4 Å². The third kappa shape index (κ3) is 4.86. The van der Waals surface area contributed by atoms with Gasteiger partial charge < -0.3 is 9.57 Å². The molecule has 0 radical (unpaired) electrons. The van der Waals surface area contributed by atoms with Crippen molar-refractivity contribution in [3.8, 4) is 5.75 Å². The number of halogens is 1. The summed E-state index contributed by atoms with van der Waals surface area (Å²) in [4.78, 5) is 26.8. The Morgan fingerprint density at radius 3 is 2.21 bits per heavy atom. The van der Waals surface area contributed by atoms with Crippen LogP contribution in [-0.2, 0) is 14.9 Å². The molecule has 2 aromatic carbocycles. The maximum Gasteiger partial charge on any atom is 0.446 e. The molecule has 0 spiro atoms. The van der Waals surface area contributed by atoms with Crippen molar-refractivity contribution in [3.05, 3.63) is 59.6 Å². The Morgan fingerprint density at radius 1 is 0.917 bits per heavy atom. The fourth-order valence-electron chi connectivity index (χ4n) is 1.55. The van der Waals surface area contributed by atoms with Crippen molar-refractivity contribution in [2.75, 3.05) is 0 Å². The SMILES string of the molecule is O=C(NS(=O)(=O)c1ccccc1Cl)ONC(=O)Oc1ccccc1. The zero-order chi connectivity index (χ0) is 17.6. The highest BCUT2D eigenvalue weighted by molar-refractivity contribution is 7.90. The molecule has 0 aromatic heterocycles. The van der Waals surface area contributed by atoms with Crippen molar-refractivity contribution in [2.24, 2.45) is 0 Å². The van der Waals surface area contributed by atoms with Crippen LogP contribution >= 0.6 is 11.6 Å². The molecule has 24 heavy (non-hydrogen) atoms. The number of nitrogens with one attached hydrogen (secondary N) is 2. The Labute approximate surface area is 142 Å². The molecule has 8 nitrogen and oxygen atoms in total. The Balaban J connectivity index is 1.89. The number of hydrogen-bond acceptors (Lipinski definition) is 6. The zero-order valence-corrected chi connectivity index (χ0v) is 13.5. The van der Waals surface area contributed by atoms with E-state index in [2.05, 4.69) is 4.84 Å². The van der Waals surface area contributed by atoms with Gasteiger partial charge in [0.15, 0.2) is 0 Å². The molecule has 0 heterocycles. The molecule has 0 aliphatic heterocycles. The second-order valence-electron chi connectivity index (χ2n) is 4.23. The van der Waals surface area contributed by atoms with Crippen molar-refractivity contribution in [2.45, 2.75) is 4.90 Å². The predicted octanol–water partition coefficient (Wildman–Crippen LogP) is 2.46. The van der Waals surface area contributed by atoms with Gasteiger partial charge in [-0.1, -0.05) is 41.9 Å². The predicted molar refractivity (Wildman–Crippen MR) is 83.9 cm³/mol. The summed E-state index contributed by atoms with van der Waals surface area (Å²) in [5, 5.41) is -0.0748. The van der Waals surface area contributed by atoms with Gasteiger partial charge in [-0.15, -0.1) is 5.48 Å². The minimum atomic E-state index is -4.25. The van der Waals surface area contributed by atoms with Crippen LogP contribution in [0.1, 0.15) is 0 Å². The third-order valence-electron chi connectivity index (χ3n) is 2.52. The average molecular weight is 371 g/mol. The summed E-state index contributed by atoms with van der Waals surface area (Å²) >= 11 is 5.75. The lowest BCUT2D eigenvalue weighted by Gasteiger charge is -2.09. The van der Waals surface area contributed by atoms with E-state index < -0.39 is 22.2 Å². The minimum absolute atomic E-state index is 0.0748. The Morgan fingerprint density at radius 2 is 1.54 bits per heavy atom. The molecule has 2 amide bonds. The number of hydroxylamine groups is 1. The molecule has 10 heteroatoms. The van der Waals surface area contributed by atoms with Crippen LogP contribution in [0.15, 0.2) is 59.5 Å². The molecule has 0 saturated heterocycles. The molecule has 126 valence electrons. The zero-order valence-electron chi connectivity index (χ0n) is 11.9. The van der Waals surface area contributed by atoms with Crippen LogP contribution in [0, 0.1) is 0 Å². The number of hydrogen-bond donors (Lipinski definition) is 2. The van der Waals surface area contributed by atoms with Gasteiger partial charge in [-0.05, 0) is 24.3 Å². The van der Waals surface area contributed by atoms with Crippen molar-refractivity contribution < 1.29 is 27.6 Å². The van der Waals surface area contributed by atoms with Crippen LogP contribution in [0.25, 0.3) is 0 Å². The minimum Gasteiger partial charge on any atom is -0.408 e. The Bertz CT molecular complexity index is 841. The number of ether oxygens (including phenoxy) is 1. The fraction of sp³-hybridized carbons (Fsp3) is 0. The van der Waals surface area contributed by atoms with E-state index in [1.807, 2.05) is 0 Å². The van der Waals surface area contributed by atoms with Gasteiger partial charge in [-0.2, -0.15) is 0 Å². The topological polar surface area (TPSA) is 111 Å². The Hall–Kier alpha value is -2.78. The Kier molecular flexibility index (Phi) is 5.61. The molecule has 0 atom stereocenters. The van der Waals surface area contributed by atoms with Crippen LogP contribution in [0.5, 0.6) is 5.75 Å². The smallest absolute Gasteiger partial charge is 0.408 e. The molecule has 0 aliphatic carbocycles. The van der Waals surface area contributed by atoms with Gasteiger partial charge in [-0.3, -0.25) is 0 Å². The van der Waals surface area contributed by atoms with Crippen LogP contribution in [0.2, 0.25) is 5.02 Å². The molecule has 0 saturated carbocycles. The summed E-state index contributed by atoms with van der Waals surface area (Å²) < 4.78 is 30.3. The summed E-state index contributed by atoms with van der Waals surface area (Å²) in [5.74, 6) is 0.211. The first-order chi connectivity index (χ1) is 11.4. The van der Waals surface area contributed by atoms with Gasteiger partial charge in [0.25, 0.3) is 10.0 Å². The number of benzene rings is 2. The molecule has 2 rings (SSSR count). The van der Waals surface area contributed by atoms with E-state index in [0.29, 0.717) is 0 Å². The fourth-order valence-corrected chi connectivity index (χ4v) is 2.95. The third-order valence-corrected chi connectivity index (χ3v) is 4.34. The average Bonchev–Trinajstić information content (AvgIpc) is 2.54. The summed E-state index contributed by atoms with van der Waals surface area (Å²) in [6.07, 6.45) is -2.54. The summed E-state index contributed by atoms with van der Waals surface area (Å²) in [7, 11) is -4.25. The maximum atomic E-state index is 12.0. The lowest BCUT2D eigenvalue weighted by molar-refractivity contribution is 0.0882. The van der Waals surface area contributed by atoms with E-state index in [9.17, 15) is 18.0 Å². The number of carbonyl (C=O) groups excluding carboxylic acids is 2. The van der Waals surface area contributed by atoms with Crippen molar-refractivity contribution >= 4 is 33.8 Å². The number of sulfonamides is 1. The lowest BCUT2D eigenvalue weighted by Crippen LogP contribution is -2.38. The van der Waals surface area contributed by atoms with Crippen LogP contribution in [-0.4, -0.2) is 20.6 Å². The number of amides is 2. The first-order valence-electron chi connectivity index (χ1n) is 6.39. The van der Waals surface area contributed by atoms with Crippen LogP contribution < -0.4 is 14.9 Å². The second-order valence-corrected chi connectivity index (χ2v) is 6.29. The lowest BCUT2D eigenvalue weighted by atomic mass is 10.3. The molecule has 2 N–H and O–H groups in total. The molecule has 0 unspecified atom stereocenters. The summed E-state index contributed by atoms with van der Waals surface area (Å²) in [5.41, 5.74) is 1.65. The van der Waals surface area contributed by atoms with E-state index in [4.69, 9.17) is 16.3 Å². The molecular formula is C14H11ClN2O6S. The van der Waals surface area contributed by atoms with Gasteiger partial charge in [-0.25, -0.2) is 22.7 Å². The van der Waals surface area contributed by atoms with E-state index in [-0.39, 0.29) is 15.7 Å². The van der Waals surface area contributed by atoms with Crippen molar-refractivity contribution in [1.82, 2.24) is 10.2 Å². The molecule has 0 bridgehead atoms. The molecular weight excluding hydrogens is 360 g/mol. The van der Waals surface area contributed by atoms with Gasteiger partial charge >= 0.3 is 12.2 Å². The highest BCUT2D eigenvalue weighted by Gasteiger charge is 2.22. The maximum absolute atomic E-state index is 12.0. The normalized spacial score (nSPS) is 10.5.